The van der Waals surface area contributed by atoms with Crippen molar-refractivity contribution in [2.24, 2.45) is 0 Å². The molecule has 0 spiro atoms. The lowest BCUT2D eigenvalue weighted by Gasteiger charge is -2.17. The summed E-state index contributed by atoms with van der Waals surface area (Å²) < 4.78 is 11.6. The minimum atomic E-state index is -0.375. The predicted molar refractivity (Wildman–Crippen MR) is 100 cm³/mol. The standard InChI is InChI=1S/C20H21ClNO3/c1-13(23)22-15-8-9-17(18(21)12-15)14-7-10-19(24-2)20(11-14)25-16-5-3-4-6-16/h7-12,16H,1,3-6H2,2H3,(H,22,23). The van der Waals surface area contributed by atoms with E-state index in [0.717, 1.165) is 29.7 Å². The van der Waals surface area contributed by atoms with Gasteiger partial charge >= 0.3 is 0 Å². The molecule has 1 N–H and O–H groups in total. The first kappa shape index (κ1) is 17.6. The van der Waals surface area contributed by atoms with Crippen LogP contribution in [0.5, 0.6) is 11.5 Å². The van der Waals surface area contributed by atoms with Crippen LogP contribution in [0.25, 0.3) is 11.1 Å². The first-order valence-corrected chi connectivity index (χ1v) is 8.72. The van der Waals surface area contributed by atoms with E-state index in [1.165, 1.54) is 12.8 Å². The molecule has 0 aliphatic heterocycles. The second-order valence-corrected chi connectivity index (χ2v) is 6.54. The van der Waals surface area contributed by atoms with Gasteiger partial charge in [0.05, 0.1) is 18.2 Å². The number of hydrogen-bond acceptors (Lipinski definition) is 3. The number of halogens is 1. The topological polar surface area (TPSA) is 47.6 Å². The first-order valence-electron chi connectivity index (χ1n) is 8.34. The van der Waals surface area contributed by atoms with Crippen molar-refractivity contribution in [3.8, 4) is 22.6 Å². The van der Waals surface area contributed by atoms with E-state index in [4.69, 9.17) is 21.1 Å². The van der Waals surface area contributed by atoms with Crippen molar-refractivity contribution in [2.75, 3.05) is 12.4 Å². The van der Waals surface area contributed by atoms with E-state index in [1.807, 2.05) is 24.3 Å². The summed E-state index contributed by atoms with van der Waals surface area (Å²) in [6.07, 6.45) is 4.81. The van der Waals surface area contributed by atoms with Crippen LogP contribution >= 0.6 is 11.6 Å². The zero-order chi connectivity index (χ0) is 17.8. The van der Waals surface area contributed by atoms with E-state index in [2.05, 4.69) is 12.2 Å². The fourth-order valence-electron chi connectivity index (χ4n) is 3.11. The van der Waals surface area contributed by atoms with Crippen molar-refractivity contribution in [3.05, 3.63) is 48.3 Å². The molecule has 1 fully saturated rings. The summed E-state index contributed by atoms with van der Waals surface area (Å²) in [5.74, 6) is 1.08. The molecule has 2 aromatic rings. The Morgan fingerprint density at radius 3 is 2.56 bits per heavy atom. The average Bonchev–Trinajstić information content (AvgIpc) is 3.07. The van der Waals surface area contributed by atoms with Gasteiger partial charge in [-0.15, -0.1) is 0 Å². The van der Waals surface area contributed by atoms with Gasteiger partial charge in [0.25, 0.3) is 0 Å². The molecule has 1 amide bonds. The van der Waals surface area contributed by atoms with Gasteiger partial charge in [0.1, 0.15) is 0 Å². The summed E-state index contributed by atoms with van der Waals surface area (Å²) in [4.78, 5) is 11.1. The Morgan fingerprint density at radius 1 is 1.16 bits per heavy atom. The predicted octanol–water partition coefficient (Wildman–Crippen LogP) is 5.11. The van der Waals surface area contributed by atoms with Crippen LogP contribution in [0.15, 0.2) is 36.4 Å². The Labute approximate surface area is 153 Å². The first-order chi connectivity index (χ1) is 12.1. The third-order valence-corrected chi connectivity index (χ3v) is 4.64. The Bertz CT molecular complexity index is 770. The second kappa shape index (κ2) is 7.79. The Kier molecular flexibility index (Phi) is 5.49. The van der Waals surface area contributed by atoms with Gasteiger partial charge in [0.15, 0.2) is 11.5 Å². The molecule has 1 aliphatic carbocycles. The second-order valence-electron chi connectivity index (χ2n) is 6.13. The molecule has 5 heteroatoms. The third-order valence-electron chi connectivity index (χ3n) is 4.32. The Balaban J connectivity index is 1.90. The number of ether oxygens (including phenoxy) is 2. The maximum atomic E-state index is 11.1. The molecule has 1 aliphatic rings. The monoisotopic (exact) mass is 358 g/mol. The number of carbonyl (C=O) groups is 1. The smallest absolute Gasteiger partial charge is 0.224 e. The molecule has 1 radical (unpaired) electrons. The van der Waals surface area contributed by atoms with Crippen LogP contribution < -0.4 is 14.8 Å². The van der Waals surface area contributed by atoms with E-state index in [1.54, 1.807) is 19.2 Å². The highest BCUT2D eigenvalue weighted by Crippen LogP contribution is 2.38. The lowest BCUT2D eigenvalue weighted by molar-refractivity contribution is -0.112. The molecule has 4 nitrogen and oxygen atoms in total. The molecule has 1 saturated carbocycles. The average molecular weight is 359 g/mol. The normalized spacial score (nSPS) is 14.4. The lowest BCUT2D eigenvalue weighted by Crippen LogP contribution is -2.11. The summed E-state index contributed by atoms with van der Waals surface area (Å²) in [6, 6.07) is 11.2. The molecular weight excluding hydrogens is 338 g/mol. The molecule has 131 valence electrons. The van der Waals surface area contributed by atoms with Gasteiger partial charge in [-0.05, 0) is 55.5 Å². The van der Waals surface area contributed by atoms with Crippen molar-refractivity contribution in [2.45, 2.75) is 31.8 Å². The van der Waals surface area contributed by atoms with E-state index < -0.39 is 0 Å². The summed E-state index contributed by atoms with van der Waals surface area (Å²) in [7, 11) is 1.64. The van der Waals surface area contributed by atoms with Gasteiger partial charge < -0.3 is 14.8 Å². The minimum Gasteiger partial charge on any atom is -0.493 e. The van der Waals surface area contributed by atoms with Crippen molar-refractivity contribution in [3.63, 3.8) is 0 Å². The minimum absolute atomic E-state index is 0.245. The van der Waals surface area contributed by atoms with Crippen LogP contribution in [0.2, 0.25) is 5.02 Å². The zero-order valence-electron chi connectivity index (χ0n) is 14.2. The maximum Gasteiger partial charge on any atom is 0.224 e. The lowest BCUT2D eigenvalue weighted by atomic mass is 10.0. The van der Waals surface area contributed by atoms with Gasteiger partial charge in [-0.1, -0.05) is 23.7 Å². The molecule has 2 aromatic carbocycles. The highest BCUT2D eigenvalue weighted by Gasteiger charge is 2.19. The largest absolute Gasteiger partial charge is 0.493 e. The summed E-state index contributed by atoms with van der Waals surface area (Å²) in [5, 5.41) is 3.17. The number of amides is 1. The molecular formula is C20H21ClNO3. The van der Waals surface area contributed by atoms with Crippen LogP contribution in [0.4, 0.5) is 5.69 Å². The zero-order valence-corrected chi connectivity index (χ0v) is 14.9. The number of nitrogens with one attached hydrogen (secondary N) is 1. The van der Waals surface area contributed by atoms with Gasteiger partial charge in [-0.2, -0.15) is 0 Å². The Hall–Kier alpha value is -2.20. The number of anilines is 1. The SMILES string of the molecule is [CH2]C(=O)Nc1ccc(-c2ccc(OC)c(OC3CCCC3)c2)c(Cl)c1. The fourth-order valence-corrected chi connectivity index (χ4v) is 3.40. The van der Waals surface area contributed by atoms with Gasteiger partial charge in [0.2, 0.25) is 5.91 Å². The van der Waals surface area contributed by atoms with Crippen molar-refractivity contribution in [1.82, 2.24) is 0 Å². The molecule has 25 heavy (non-hydrogen) atoms. The van der Waals surface area contributed by atoms with Crippen LogP contribution in [0.3, 0.4) is 0 Å². The van der Waals surface area contributed by atoms with Gasteiger partial charge in [-0.25, -0.2) is 0 Å². The van der Waals surface area contributed by atoms with E-state index in [-0.39, 0.29) is 12.0 Å². The van der Waals surface area contributed by atoms with E-state index >= 15 is 0 Å². The molecule has 0 bridgehead atoms. The number of benzene rings is 2. The highest BCUT2D eigenvalue weighted by molar-refractivity contribution is 6.33. The molecule has 0 saturated heterocycles. The van der Waals surface area contributed by atoms with Crippen molar-refractivity contribution in [1.29, 1.82) is 0 Å². The van der Waals surface area contributed by atoms with Crippen molar-refractivity contribution >= 4 is 23.2 Å². The molecule has 0 atom stereocenters. The third kappa shape index (κ3) is 4.26. The molecule has 0 aromatic heterocycles. The van der Waals surface area contributed by atoms with Gasteiger partial charge in [0, 0.05) is 18.2 Å². The number of methoxy groups -OCH3 is 1. The number of rotatable bonds is 5. The molecule has 3 rings (SSSR count). The van der Waals surface area contributed by atoms with E-state index in [9.17, 15) is 4.79 Å². The summed E-state index contributed by atoms with van der Waals surface area (Å²) in [5.41, 5.74) is 2.42. The number of hydrogen-bond donors (Lipinski definition) is 1. The molecule has 0 heterocycles. The van der Waals surface area contributed by atoms with Crippen LogP contribution in [-0.4, -0.2) is 19.1 Å². The molecule has 0 unspecified atom stereocenters. The number of carbonyl (C=O) groups excluding carboxylic acids is 1. The maximum absolute atomic E-state index is 11.1. The van der Waals surface area contributed by atoms with Gasteiger partial charge in [-0.3, -0.25) is 4.79 Å². The van der Waals surface area contributed by atoms with Crippen LogP contribution in [-0.2, 0) is 4.79 Å². The van der Waals surface area contributed by atoms with Crippen LogP contribution in [0, 0.1) is 6.92 Å². The summed E-state index contributed by atoms with van der Waals surface area (Å²) >= 11 is 6.40. The van der Waals surface area contributed by atoms with Crippen LogP contribution in [0.1, 0.15) is 25.7 Å². The fraction of sp³-hybridized carbons (Fsp3) is 0.300. The van der Waals surface area contributed by atoms with E-state index in [0.29, 0.717) is 16.5 Å². The quantitative estimate of drug-likeness (QED) is 0.807. The van der Waals surface area contributed by atoms with Crippen molar-refractivity contribution < 1.29 is 14.3 Å². The Morgan fingerprint density at radius 2 is 1.92 bits per heavy atom. The summed E-state index contributed by atoms with van der Waals surface area (Å²) in [6.45, 7) is 3.30. The highest BCUT2D eigenvalue weighted by atomic mass is 35.5.